The largest absolute Gasteiger partial charge is 0.352 e. The predicted molar refractivity (Wildman–Crippen MR) is 120 cm³/mol. The molecular formula is C27H42F4O2. The van der Waals surface area contributed by atoms with Crippen molar-refractivity contribution < 1.29 is 27.0 Å². The van der Waals surface area contributed by atoms with E-state index in [0.29, 0.717) is 36.5 Å². The van der Waals surface area contributed by atoms with Gasteiger partial charge in [-0.15, -0.1) is 0 Å². The van der Waals surface area contributed by atoms with Crippen molar-refractivity contribution >= 4 is 0 Å². The monoisotopic (exact) mass is 474 g/mol. The van der Waals surface area contributed by atoms with Crippen LogP contribution in [0, 0.1) is 41.4 Å². The molecule has 0 bridgehead atoms. The van der Waals surface area contributed by atoms with E-state index < -0.39 is 24.7 Å². The lowest BCUT2D eigenvalue weighted by Crippen LogP contribution is -2.44. The molecule has 0 radical (unpaired) electrons. The Morgan fingerprint density at radius 2 is 0.970 bits per heavy atom. The molecule has 0 amide bonds. The van der Waals surface area contributed by atoms with E-state index >= 15 is 4.39 Å². The van der Waals surface area contributed by atoms with Crippen LogP contribution in [-0.2, 0) is 9.47 Å². The fourth-order valence-corrected chi connectivity index (χ4v) is 8.03. The Morgan fingerprint density at radius 1 is 0.455 bits per heavy atom. The molecule has 6 heteroatoms. The molecule has 190 valence electrons. The molecule has 1 heterocycles. The highest BCUT2D eigenvalue weighted by Crippen LogP contribution is 2.48. The maximum Gasteiger partial charge on any atom is 0.162 e. The van der Waals surface area contributed by atoms with Gasteiger partial charge in [-0.1, -0.05) is 25.7 Å². The van der Waals surface area contributed by atoms with Crippen LogP contribution in [0.3, 0.4) is 0 Å². The lowest BCUT2D eigenvalue weighted by molar-refractivity contribution is -0.236. The molecule has 0 N–H and O–H groups in total. The quantitative estimate of drug-likeness (QED) is 0.403. The van der Waals surface area contributed by atoms with Gasteiger partial charge in [-0.3, -0.25) is 0 Å². The van der Waals surface area contributed by atoms with Crippen LogP contribution in [0.15, 0.2) is 0 Å². The third-order valence-electron chi connectivity index (χ3n) is 10.1. The zero-order valence-electron chi connectivity index (χ0n) is 19.9. The van der Waals surface area contributed by atoms with Gasteiger partial charge in [0.1, 0.15) is 18.5 Å². The summed E-state index contributed by atoms with van der Waals surface area (Å²) in [5.41, 5.74) is 0. The van der Waals surface area contributed by atoms with Crippen molar-refractivity contribution in [1.29, 1.82) is 0 Å². The molecule has 0 aromatic carbocycles. The molecule has 2 nitrogen and oxygen atoms in total. The van der Waals surface area contributed by atoms with E-state index in [1.807, 2.05) is 0 Å². The van der Waals surface area contributed by atoms with Crippen LogP contribution in [0.1, 0.15) is 83.5 Å². The molecule has 5 unspecified atom stereocenters. The number of rotatable bonds is 4. The van der Waals surface area contributed by atoms with E-state index in [1.165, 1.54) is 25.7 Å². The maximum absolute atomic E-state index is 15.1. The lowest BCUT2D eigenvalue weighted by Gasteiger charge is -2.44. The van der Waals surface area contributed by atoms with E-state index in [-0.39, 0.29) is 31.0 Å². The zero-order valence-corrected chi connectivity index (χ0v) is 19.9. The predicted octanol–water partition coefficient (Wildman–Crippen LogP) is 7.15. The topological polar surface area (TPSA) is 18.5 Å². The summed E-state index contributed by atoms with van der Waals surface area (Å²) in [4.78, 5) is 0. The standard InChI is InChI=1S/C27H42F4O2/c28-23-11-19(9-10-22(23)20-12-24(29)26(31)25(30)13-20)17-5-7-18(8-6-17)27-32-14-21(15-33-27)16-3-1-2-4-16/h16-27H,1-15H2. The van der Waals surface area contributed by atoms with E-state index in [1.54, 1.807) is 0 Å². The van der Waals surface area contributed by atoms with Crippen molar-refractivity contribution in [2.75, 3.05) is 13.2 Å². The molecule has 5 atom stereocenters. The molecule has 33 heavy (non-hydrogen) atoms. The molecule has 0 aromatic rings. The van der Waals surface area contributed by atoms with Gasteiger partial charge in [-0.25, -0.2) is 17.6 Å². The van der Waals surface area contributed by atoms with Gasteiger partial charge in [0.05, 0.1) is 13.2 Å². The van der Waals surface area contributed by atoms with Gasteiger partial charge in [-0.05, 0) is 87.4 Å². The molecule has 4 aliphatic carbocycles. The van der Waals surface area contributed by atoms with Gasteiger partial charge < -0.3 is 9.47 Å². The Hall–Kier alpha value is -0.360. The highest BCUT2D eigenvalue weighted by molar-refractivity contribution is 4.95. The summed E-state index contributed by atoms with van der Waals surface area (Å²) < 4.78 is 68.7. The third-order valence-corrected chi connectivity index (χ3v) is 10.1. The second-order valence-electron chi connectivity index (χ2n) is 12.0. The first-order valence-corrected chi connectivity index (χ1v) is 13.8. The molecule has 1 saturated heterocycles. The first kappa shape index (κ1) is 24.3. The Kier molecular flexibility index (Phi) is 7.91. The molecule has 5 fully saturated rings. The van der Waals surface area contributed by atoms with Gasteiger partial charge in [0.15, 0.2) is 12.5 Å². The van der Waals surface area contributed by atoms with E-state index in [9.17, 15) is 13.2 Å². The summed E-state index contributed by atoms with van der Waals surface area (Å²) >= 11 is 0. The van der Waals surface area contributed by atoms with Crippen molar-refractivity contribution in [3.63, 3.8) is 0 Å². The van der Waals surface area contributed by atoms with Gasteiger partial charge >= 0.3 is 0 Å². The van der Waals surface area contributed by atoms with Crippen molar-refractivity contribution in [3.8, 4) is 0 Å². The minimum Gasteiger partial charge on any atom is -0.352 e. The Morgan fingerprint density at radius 3 is 1.58 bits per heavy atom. The smallest absolute Gasteiger partial charge is 0.162 e. The molecule has 5 rings (SSSR count). The van der Waals surface area contributed by atoms with Crippen LogP contribution in [0.5, 0.6) is 0 Å². The normalized spacial score (nSPS) is 50.4. The molecular weight excluding hydrogens is 432 g/mol. The number of hydrogen-bond acceptors (Lipinski definition) is 2. The van der Waals surface area contributed by atoms with Crippen LogP contribution >= 0.6 is 0 Å². The second kappa shape index (κ2) is 10.7. The molecule has 4 saturated carbocycles. The first-order valence-electron chi connectivity index (χ1n) is 13.8. The lowest BCUT2D eigenvalue weighted by atomic mass is 9.64. The highest BCUT2D eigenvalue weighted by atomic mass is 19.2. The van der Waals surface area contributed by atoms with E-state index in [4.69, 9.17) is 9.47 Å². The van der Waals surface area contributed by atoms with Crippen LogP contribution in [0.4, 0.5) is 17.6 Å². The number of alkyl halides is 4. The van der Waals surface area contributed by atoms with Crippen LogP contribution in [0.25, 0.3) is 0 Å². The van der Waals surface area contributed by atoms with Crippen molar-refractivity contribution in [2.24, 2.45) is 41.4 Å². The fourth-order valence-electron chi connectivity index (χ4n) is 8.03. The Labute approximate surface area is 196 Å². The van der Waals surface area contributed by atoms with Crippen molar-refractivity contribution in [1.82, 2.24) is 0 Å². The van der Waals surface area contributed by atoms with Crippen molar-refractivity contribution in [2.45, 2.75) is 114 Å². The molecule has 5 aliphatic rings. The summed E-state index contributed by atoms with van der Waals surface area (Å²) in [5.74, 6) is 2.01. The van der Waals surface area contributed by atoms with Crippen LogP contribution in [-0.4, -0.2) is 44.2 Å². The summed E-state index contributed by atoms with van der Waals surface area (Å²) in [6.07, 6.45) is 5.08. The second-order valence-corrected chi connectivity index (χ2v) is 12.0. The highest BCUT2D eigenvalue weighted by Gasteiger charge is 2.46. The molecule has 0 spiro atoms. The SMILES string of the molecule is FC1CC(C2CCC(C3CCC(C4OCC(C5CCCC5)CO4)CC3)CC2F)CC(F)C1F. The third kappa shape index (κ3) is 5.42. The minimum absolute atomic E-state index is 0.0224. The zero-order chi connectivity index (χ0) is 22.9. The van der Waals surface area contributed by atoms with Crippen molar-refractivity contribution in [3.05, 3.63) is 0 Å². The average molecular weight is 475 g/mol. The number of hydrogen-bond donors (Lipinski definition) is 0. The number of ether oxygens (including phenoxy) is 2. The Balaban J connectivity index is 1.05. The average Bonchev–Trinajstić information content (AvgIpc) is 3.37. The van der Waals surface area contributed by atoms with Crippen LogP contribution < -0.4 is 0 Å². The summed E-state index contributed by atoms with van der Waals surface area (Å²) in [7, 11) is 0. The first-order chi connectivity index (χ1) is 16.0. The Bertz CT molecular complexity index is 601. The fraction of sp³-hybridized carbons (Fsp3) is 1.00. The van der Waals surface area contributed by atoms with Gasteiger partial charge in [0, 0.05) is 11.8 Å². The summed E-state index contributed by atoms with van der Waals surface area (Å²) in [5, 5.41) is 0. The number of halogens is 4. The van der Waals surface area contributed by atoms with Gasteiger partial charge in [-0.2, -0.15) is 0 Å². The minimum atomic E-state index is -2.03. The van der Waals surface area contributed by atoms with E-state index in [0.717, 1.165) is 51.2 Å². The molecule has 1 aliphatic heterocycles. The molecule has 0 aromatic heterocycles. The van der Waals surface area contributed by atoms with Gasteiger partial charge in [0.2, 0.25) is 0 Å². The van der Waals surface area contributed by atoms with Gasteiger partial charge in [0.25, 0.3) is 0 Å². The maximum atomic E-state index is 15.1. The van der Waals surface area contributed by atoms with Crippen LogP contribution in [0.2, 0.25) is 0 Å². The van der Waals surface area contributed by atoms with E-state index in [2.05, 4.69) is 0 Å². The summed E-state index contributed by atoms with van der Waals surface area (Å²) in [6.45, 7) is 1.68. The summed E-state index contributed by atoms with van der Waals surface area (Å²) in [6, 6.07) is 0.